The van der Waals surface area contributed by atoms with Crippen molar-refractivity contribution >= 4 is 11.6 Å². The lowest BCUT2D eigenvalue weighted by molar-refractivity contribution is 0.000637. The van der Waals surface area contributed by atoms with Crippen molar-refractivity contribution in [2.24, 2.45) is 0 Å². The molecular formula is C14H26N4O. The highest BCUT2D eigenvalue weighted by Gasteiger charge is 2.20. The molecule has 0 amide bonds. The summed E-state index contributed by atoms with van der Waals surface area (Å²) in [6, 6.07) is 1.75. The Morgan fingerprint density at radius 3 is 2.37 bits per heavy atom. The van der Waals surface area contributed by atoms with E-state index in [0.717, 1.165) is 11.6 Å². The van der Waals surface area contributed by atoms with E-state index < -0.39 is 0 Å². The third-order valence-corrected chi connectivity index (χ3v) is 2.65. The Balaban J connectivity index is 2.82. The number of nitrogens with zero attached hydrogens (tertiary/aromatic N) is 2. The van der Waals surface area contributed by atoms with Crippen LogP contribution in [0.2, 0.25) is 0 Å². The van der Waals surface area contributed by atoms with Crippen LogP contribution in [0.15, 0.2) is 6.07 Å². The van der Waals surface area contributed by atoms with E-state index in [0.29, 0.717) is 19.0 Å². The Labute approximate surface area is 116 Å². The minimum atomic E-state index is -0.240. The molecule has 19 heavy (non-hydrogen) atoms. The first-order chi connectivity index (χ1) is 8.64. The standard InChI is InChI=1S/C14H26N4O/c1-7-19-14(5,6)9-16-11-8-10(15)17-12(18-11)13(2,3)4/h8H,7,9H2,1-6H3,(H3,15,16,17,18). The monoisotopic (exact) mass is 266 g/mol. The van der Waals surface area contributed by atoms with Crippen molar-refractivity contribution in [2.75, 3.05) is 24.2 Å². The highest BCUT2D eigenvalue weighted by molar-refractivity contribution is 5.45. The van der Waals surface area contributed by atoms with Gasteiger partial charge < -0.3 is 15.8 Å². The molecule has 0 spiro atoms. The van der Waals surface area contributed by atoms with Gasteiger partial charge in [-0.1, -0.05) is 20.8 Å². The number of hydrogen-bond donors (Lipinski definition) is 2. The van der Waals surface area contributed by atoms with Crippen LogP contribution >= 0.6 is 0 Å². The molecule has 0 bridgehead atoms. The highest BCUT2D eigenvalue weighted by atomic mass is 16.5. The molecule has 1 aromatic heterocycles. The van der Waals surface area contributed by atoms with E-state index in [-0.39, 0.29) is 11.0 Å². The summed E-state index contributed by atoms with van der Waals surface area (Å²) in [5, 5.41) is 3.27. The Kier molecular flexibility index (Phi) is 4.74. The third kappa shape index (κ3) is 5.03. The molecule has 0 saturated carbocycles. The van der Waals surface area contributed by atoms with Gasteiger partial charge in [-0.25, -0.2) is 9.97 Å². The Morgan fingerprint density at radius 1 is 1.21 bits per heavy atom. The quantitative estimate of drug-likeness (QED) is 0.857. The molecule has 3 N–H and O–H groups in total. The molecule has 1 rings (SSSR count). The molecule has 1 aromatic rings. The van der Waals surface area contributed by atoms with Crippen molar-refractivity contribution in [1.29, 1.82) is 0 Å². The minimum Gasteiger partial charge on any atom is -0.384 e. The number of anilines is 2. The molecule has 0 fully saturated rings. The summed E-state index contributed by atoms with van der Waals surface area (Å²) >= 11 is 0. The average molecular weight is 266 g/mol. The molecule has 0 aromatic carbocycles. The Bertz CT molecular complexity index is 424. The smallest absolute Gasteiger partial charge is 0.138 e. The van der Waals surface area contributed by atoms with Gasteiger partial charge in [0.2, 0.25) is 0 Å². The van der Waals surface area contributed by atoms with Crippen molar-refractivity contribution in [2.45, 2.75) is 52.6 Å². The van der Waals surface area contributed by atoms with Gasteiger partial charge in [0.1, 0.15) is 17.5 Å². The fourth-order valence-corrected chi connectivity index (χ4v) is 1.64. The van der Waals surface area contributed by atoms with Crippen molar-refractivity contribution < 1.29 is 4.74 Å². The maximum Gasteiger partial charge on any atom is 0.138 e. The summed E-state index contributed by atoms with van der Waals surface area (Å²) in [5.41, 5.74) is 5.47. The van der Waals surface area contributed by atoms with Gasteiger partial charge in [0.15, 0.2) is 0 Å². The molecule has 0 aliphatic carbocycles. The van der Waals surface area contributed by atoms with Gasteiger partial charge in [-0.05, 0) is 20.8 Å². The number of nitrogens with two attached hydrogens (primary N) is 1. The summed E-state index contributed by atoms with van der Waals surface area (Å²) < 4.78 is 5.64. The number of nitrogens with one attached hydrogen (secondary N) is 1. The van der Waals surface area contributed by atoms with Gasteiger partial charge in [-0.15, -0.1) is 0 Å². The topological polar surface area (TPSA) is 73.1 Å². The molecular weight excluding hydrogens is 240 g/mol. The number of aromatic nitrogens is 2. The molecule has 108 valence electrons. The lowest BCUT2D eigenvalue weighted by Gasteiger charge is -2.25. The lowest BCUT2D eigenvalue weighted by atomic mass is 9.96. The van der Waals surface area contributed by atoms with Gasteiger partial charge in [0, 0.05) is 24.6 Å². The van der Waals surface area contributed by atoms with Gasteiger partial charge in [-0.3, -0.25) is 0 Å². The van der Waals surface area contributed by atoms with E-state index in [9.17, 15) is 0 Å². The van der Waals surface area contributed by atoms with E-state index in [1.54, 1.807) is 6.07 Å². The molecule has 5 heteroatoms. The summed E-state index contributed by atoms with van der Waals surface area (Å²) in [6.45, 7) is 13.6. The molecule has 0 saturated heterocycles. The lowest BCUT2D eigenvalue weighted by Crippen LogP contribution is -2.33. The molecule has 1 heterocycles. The fourth-order valence-electron chi connectivity index (χ4n) is 1.64. The van der Waals surface area contributed by atoms with Crippen LogP contribution < -0.4 is 11.1 Å². The van der Waals surface area contributed by atoms with Crippen LogP contribution in [0.4, 0.5) is 11.6 Å². The van der Waals surface area contributed by atoms with E-state index in [2.05, 4.69) is 36.1 Å². The van der Waals surface area contributed by atoms with Crippen molar-refractivity contribution in [3.8, 4) is 0 Å². The molecule has 0 atom stereocenters. The largest absolute Gasteiger partial charge is 0.384 e. The molecule has 0 radical (unpaired) electrons. The van der Waals surface area contributed by atoms with Gasteiger partial charge >= 0.3 is 0 Å². The predicted molar refractivity (Wildman–Crippen MR) is 79.3 cm³/mol. The zero-order valence-corrected chi connectivity index (χ0v) is 12.9. The second-order valence-electron chi connectivity index (χ2n) is 6.30. The third-order valence-electron chi connectivity index (χ3n) is 2.65. The van der Waals surface area contributed by atoms with Crippen LogP contribution in [-0.4, -0.2) is 28.7 Å². The second-order valence-corrected chi connectivity index (χ2v) is 6.30. The van der Waals surface area contributed by atoms with E-state index in [4.69, 9.17) is 10.5 Å². The van der Waals surface area contributed by atoms with Gasteiger partial charge in [0.25, 0.3) is 0 Å². The van der Waals surface area contributed by atoms with Crippen LogP contribution in [0.1, 0.15) is 47.4 Å². The summed E-state index contributed by atoms with van der Waals surface area (Å²) in [6.07, 6.45) is 0. The normalized spacial score (nSPS) is 12.5. The second kappa shape index (κ2) is 5.74. The van der Waals surface area contributed by atoms with E-state index in [1.165, 1.54) is 0 Å². The van der Waals surface area contributed by atoms with Crippen LogP contribution in [0, 0.1) is 0 Å². The van der Waals surface area contributed by atoms with Crippen molar-refractivity contribution in [3.63, 3.8) is 0 Å². The minimum absolute atomic E-state index is 0.124. The molecule has 0 unspecified atom stereocenters. The van der Waals surface area contributed by atoms with Crippen LogP contribution in [0.25, 0.3) is 0 Å². The van der Waals surface area contributed by atoms with Crippen LogP contribution in [-0.2, 0) is 10.2 Å². The summed E-state index contributed by atoms with van der Waals surface area (Å²) in [7, 11) is 0. The summed E-state index contributed by atoms with van der Waals surface area (Å²) in [4.78, 5) is 8.79. The van der Waals surface area contributed by atoms with Gasteiger partial charge in [-0.2, -0.15) is 0 Å². The van der Waals surface area contributed by atoms with Crippen LogP contribution in [0.5, 0.6) is 0 Å². The van der Waals surface area contributed by atoms with Crippen LogP contribution in [0.3, 0.4) is 0 Å². The first-order valence-corrected chi connectivity index (χ1v) is 6.67. The first-order valence-electron chi connectivity index (χ1n) is 6.67. The number of rotatable bonds is 5. The molecule has 0 aliphatic rings. The number of hydrogen-bond acceptors (Lipinski definition) is 5. The summed E-state index contributed by atoms with van der Waals surface area (Å²) in [5.74, 6) is 1.96. The van der Waals surface area contributed by atoms with Crippen molar-refractivity contribution in [1.82, 2.24) is 9.97 Å². The maximum absolute atomic E-state index is 5.83. The number of ether oxygens (including phenoxy) is 1. The number of nitrogen functional groups attached to an aromatic ring is 1. The average Bonchev–Trinajstić information content (AvgIpc) is 2.24. The SMILES string of the molecule is CCOC(C)(C)CNc1cc(N)nc(C(C)(C)C)n1. The maximum atomic E-state index is 5.83. The van der Waals surface area contributed by atoms with E-state index >= 15 is 0 Å². The highest BCUT2D eigenvalue weighted by Crippen LogP contribution is 2.21. The fraction of sp³-hybridized carbons (Fsp3) is 0.714. The zero-order chi connectivity index (χ0) is 14.7. The van der Waals surface area contributed by atoms with Crippen molar-refractivity contribution in [3.05, 3.63) is 11.9 Å². The molecule has 5 nitrogen and oxygen atoms in total. The zero-order valence-electron chi connectivity index (χ0n) is 12.9. The van der Waals surface area contributed by atoms with Gasteiger partial charge in [0.05, 0.1) is 5.60 Å². The van der Waals surface area contributed by atoms with E-state index in [1.807, 2.05) is 20.8 Å². The molecule has 0 aliphatic heterocycles. The first kappa shape index (κ1) is 15.7. The predicted octanol–water partition coefficient (Wildman–Crippen LogP) is 2.58. The Morgan fingerprint density at radius 2 is 1.84 bits per heavy atom. The Hall–Kier alpha value is -1.36.